The highest BCUT2D eigenvalue weighted by molar-refractivity contribution is 7.91. The van der Waals surface area contributed by atoms with E-state index in [0.717, 1.165) is 5.69 Å². The predicted octanol–water partition coefficient (Wildman–Crippen LogP) is -0.137. The highest BCUT2D eigenvalue weighted by Crippen LogP contribution is 2.33. The van der Waals surface area contributed by atoms with Crippen molar-refractivity contribution in [2.75, 3.05) is 18.6 Å². The fourth-order valence-electron chi connectivity index (χ4n) is 2.29. The Balaban J connectivity index is 2.25. The molecular formula is C10H17N3O3S. The van der Waals surface area contributed by atoms with Crippen molar-refractivity contribution in [1.29, 1.82) is 0 Å². The third-order valence-corrected chi connectivity index (χ3v) is 5.05. The fourth-order valence-corrected chi connectivity index (χ4v) is 4.15. The molecule has 6 nitrogen and oxygen atoms in total. The van der Waals surface area contributed by atoms with Gasteiger partial charge < -0.3 is 10.5 Å². The second kappa shape index (κ2) is 4.30. The van der Waals surface area contributed by atoms with Crippen molar-refractivity contribution < 1.29 is 13.2 Å². The van der Waals surface area contributed by atoms with Crippen molar-refractivity contribution in [1.82, 2.24) is 9.78 Å². The number of nitrogens with two attached hydrogens (primary N) is 1. The van der Waals surface area contributed by atoms with Gasteiger partial charge in [0, 0.05) is 7.05 Å². The van der Waals surface area contributed by atoms with Crippen LogP contribution >= 0.6 is 0 Å². The number of aromatic nitrogens is 2. The molecule has 0 bridgehead atoms. The molecule has 1 aromatic heterocycles. The maximum absolute atomic E-state index is 11.4. The van der Waals surface area contributed by atoms with E-state index in [9.17, 15) is 8.42 Å². The van der Waals surface area contributed by atoms with Crippen molar-refractivity contribution >= 4 is 9.84 Å². The maximum atomic E-state index is 11.4. The summed E-state index contributed by atoms with van der Waals surface area (Å²) in [5.41, 5.74) is 6.90. The molecule has 0 saturated carbocycles. The van der Waals surface area contributed by atoms with Gasteiger partial charge in [-0.2, -0.15) is 5.10 Å². The van der Waals surface area contributed by atoms with E-state index in [2.05, 4.69) is 5.10 Å². The molecule has 2 rings (SSSR count). The second-order valence-corrected chi connectivity index (χ2v) is 6.64. The first kappa shape index (κ1) is 12.4. The van der Waals surface area contributed by atoms with Gasteiger partial charge >= 0.3 is 0 Å². The zero-order valence-electron chi connectivity index (χ0n) is 9.96. The highest BCUT2D eigenvalue weighted by Gasteiger charge is 2.35. The average molecular weight is 259 g/mol. The molecule has 1 saturated heterocycles. The Bertz CT molecular complexity index is 509. The number of hydrogen-bond acceptors (Lipinski definition) is 5. The van der Waals surface area contributed by atoms with E-state index in [-0.39, 0.29) is 23.5 Å². The minimum atomic E-state index is -2.91. The van der Waals surface area contributed by atoms with Gasteiger partial charge in [0.05, 0.1) is 36.5 Å². The van der Waals surface area contributed by atoms with E-state index in [1.807, 2.05) is 0 Å². The average Bonchev–Trinajstić information content (AvgIpc) is 2.80. The zero-order valence-corrected chi connectivity index (χ0v) is 10.8. The predicted molar refractivity (Wildman–Crippen MR) is 63.4 cm³/mol. The number of rotatable bonds is 3. The van der Waals surface area contributed by atoms with E-state index in [1.165, 1.54) is 0 Å². The van der Waals surface area contributed by atoms with Gasteiger partial charge in [-0.3, -0.25) is 4.68 Å². The molecule has 0 spiro atoms. The fraction of sp³-hybridized carbons (Fsp3) is 0.700. The van der Waals surface area contributed by atoms with Gasteiger partial charge in [-0.15, -0.1) is 0 Å². The Kier molecular flexibility index (Phi) is 3.13. The molecule has 1 aliphatic rings. The summed E-state index contributed by atoms with van der Waals surface area (Å²) < 4.78 is 29.7. The summed E-state index contributed by atoms with van der Waals surface area (Å²) >= 11 is 0. The lowest BCUT2D eigenvalue weighted by atomic mass is 9.97. The smallest absolute Gasteiger partial charge is 0.161 e. The third-order valence-electron chi connectivity index (χ3n) is 3.26. The van der Waals surface area contributed by atoms with Crippen LogP contribution in [-0.4, -0.2) is 36.8 Å². The molecule has 1 aromatic rings. The molecule has 96 valence electrons. The largest absolute Gasteiger partial charge is 0.493 e. The molecule has 7 heteroatoms. The lowest BCUT2D eigenvalue weighted by Crippen LogP contribution is -2.25. The summed E-state index contributed by atoms with van der Waals surface area (Å²) in [6.45, 7) is 0. The Morgan fingerprint density at radius 2 is 2.35 bits per heavy atom. The number of methoxy groups -OCH3 is 1. The van der Waals surface area contributed by atoms with E-state index in [0.29, 0.717) is 12.2 Å². The van der Waals surface area contributed by atoms with Gasteiger partial charge in [0.25, 0.3) is 0 Å². The van der Waals surface area contributed by atoms with Crippen LogP contribution in [0.25, 0.3) is 0 Å². The molecule has 0 aliphatic carbocycles. The number of hydrogen-bond donors (Lipinski definition) is 1. The number of aryl methyl sites for hydroxylation is 1. The van der Waals surface area contributed by atoms with Crippen LogP contribution in [-0.2, 0) is 16.9 Å². The van der Waals surface area contributed by atoms with Gasteiger partial charge in [-0.25, -0.2) is 8.42 Å². The molecule has 1 fully saturated rings. The lowest BCUT2D eigenvalue weighted by Gasteiger charge is -2.19. The monoisotopic (exact) mass is 259 g/mol. The van der Waals surface area contributed by atoms with Crippen molar-refractivity contribution in [2.24, 2.45) is 18.7 Å². The third kappa shape index (κ3) is 2.30. The van der Waals surface area contributed by atoms with Gasteiger partial charge in [-0.05, 0) is 12.3 Å². The number of sulfone groups is 1. The normalized spacial score (nSPS) is 24.8. The van der Waals surface area contributed by atoms with Crippen molar-refractivity contribution in [3.63, 3.8) is 0 Å². The minimum absolute atomic E-state index is 0.0516. The van der Waals surface area contributed by atoms with Gasteiger partial charge in [0.2, 0.25) is 0 Å². The van der Waals surface area contributed by atoms with Crippen LogP contribution in [0.15, 0.2) is 6.20 Å². The summed E-state index contributed by atoms with van der Waals surface area (Å²) in [6.07, 6.45) is 2.20. The van der Waals surface area contributed by atoms with Crippen LogP contribution in [0.5, 0.6) is 5.75 Å². The van der Waals surface area contributed by atoms with Gasteiger partial charge in [0.1, 0.15) is 0 Å². The first-order chi connectivity index (χ1) is 7.94. The summed E-state index contributed by atoms with van der Waals surface area (Å²) in [4.78, 5) is 0. The number of ether oxygens (including phenoxy) is 1. The van der Waals surface area contributed by atoms with Gasteiger partial charge in [0.15, 0.2) is 15.6 Å². The zero-order chi connectivity index (χ0) is 12.6. The van der Waals surface area contributed by atoms with E-state index in [4.69, 9.17) is 10.5 Å². The molecule has 2 heterocycles. The summed E-state index contributed by atoms with van der Waals surface area (Å²) in [6, 6.07) is -0.352. The van der Waals surface area contributed by atoms with Crippen molar-refractivity contribution in [3.8, 4) is 5.75 Å². The van der Waals surface area contributed by atoms with E-state index < -0.39 is 9.84 Å². The topological polar surface area (TPSA) is 87.2 Å². The molecule has 1 aliphatic heterocycles. The standard InChI is InChI=1S/C10H17N3O3S/c1-13-10(8(16-2)5-12-13)9(11)7-3-4-17(14,15)6-7/h5,7,9H,3-4,6,11H2,1-2H3. The lowest BCUT2D eigenvalue weighted by molar-refractivity contribution is 0.385. The SMILES string of the molecule is COc1cnn(C)c1C(N)C1CCS(=O)(=O)C1. The van der Waals surface area contributed by atoms with Crippen molar-refractivity contribution in [2.45, 2.75) is 12.5 Å². The van der Waals surface area contributed by atoms with Crippen LogP contribution in [0.4, 0.5) is 0 Å². The number of nitrogens with zero attached hydrogens (tertiary/aromatic N) is 2. The summed E-state index contributed by atoms with van der Waals surface area (Å²) in [7, 11) is 0.419. The molecule has 2 unspecified atom stereocenters. The first-order valence-corrected chi connectivity index (χ1v) is 7.28. The summed E-state index contributed by atoms with van der Waals surface area (Å²) in [5, 5.41) is 4.08. The minimum Gasteiger partial charge on any atom is -0.493 e. The Morgan fingerprint density at radius 1 is 1.65 bits per heavy atom. The highest BCUT2D eigenvalue weighted by atomic mass is 32.2. The van der Waals surface area contributed by atoms with Crippen LogP contribution in [0, 0.1) is 5.92 Å². The Hall–Kier alpha value is -1.08. The molecule has 0 amide bonds. The second-order valence-electron chi connectivity index (χ2n) is 4.41. The molecule has 2 atom stereocenters. The molecule has 0 aromatic carbocycles. The van der Waals surface area contributed by atoms with Crippen molar-refractivity contribution in [3.05, 3.63) is 11.9 Å². The van der Waals surface area contributed by atoms with Crippen LogP contribution < -0.4 is 10.5 Å². The maximum Gasteiger partial charge on any atom is 0.161 e. The molecule has 2 N–H and O–H groups in total. The van der Waals surface area contributed by atoms with Crippen LogP contribution in [0.3, 0.4) is 0 Å². The van der Waals surface area contributed by atoms with E-state index in [1.54, 1.807) is 25.0 Å². The Labute approximate surface area is 101 Å². The summed E-state index contributed by atoms with van der Waals surface area (Å²) in [5.74, 6) is 0.946. The molecule has 0 radical (unpaired) electrons. The van der Waals surface area contributed by atoms with Crippen LogP contribution in [0.2, 0.25) is 0 Å². The van der Waals surface area contributed by atoms with E-state index >= 15 is 0 Å². The van der Waals surface area contributed by atoms with Crippen LogP contribution in [0.1, 0.15) is 18.2 Å². The molecule has 17 heavy (non-hydrogen) atoms. The Morgan fingerprint density at radius 3 is 2.88 bits per heavy atom. The van der Waals surface area contributed by atoms with Gasteiger partial charge in [-0.1, -0.05) is 0 Å². The first-order valence-electron chi connectivity index (χ1n) is 5.46. The quantitative estimate of drug-likeness (QED) is 0.816. The molecular weight excluding hydrogens is 242 g/mol.